The smallest absolute Gasteiger partial charge is 0.329 e. The van der Waals surface area contributed by atoms with E-state index in [-0.39, 0.29) is 11.2 Å². The van der Waals surface area contributed by atoms with Gasteiger partial charge in [0.1, 0.15) is 5.82 Å². The number of aromatic amines is 1. The number of hydrogen-bond acceptors (Lipinski definition) is 4. The predicted molar refractivity (Wildman–Crippen MR) is 100 cm³/mol. The van der Waals surface area contributed by atoms with Crippen molar-refractivity contribution in [2.24, 2.45) is 13.0 Å². The van der Waals surface area contributed by atoms with Crippen molar-refractivity contribution in [2.75, 3.05) is 31.6 Å². The van der Waals surface area contributed by atoms with Gasteiger partial charge in [-0.15, -0.1) is 0 Å². The molecule has 0 saturated carbocycles. The van der Waals surface area contributed by atoms with E-state index in [0.29, 0.717) is 11.7 Å². The van der Waals surface area contributed by atoms with Crippen LogP contribution < -0.4 is 16.1 Å². The van der Waals surface area contributed by atoms with E-state index < -0.39 is 0 Å². The summed E-state index contributed by atoms with van der Waals surface area (Å²) in [6.45, 7) is 3.76. The second-order valence-electron chi connectivity index (χ2n) is 6.97. The molecule has 1 N–H and O–H groups in total. The first kappa shape index (κ1) is 17.5. The molecule has 0 radical (unpaired) electrons. The molecule has 0 unspecified atom stereocenters. The molecule has 6 heteroatoms. The van der Waals surface area contributed by atoms with Crippen LogP contribution in [0.3, 0.4) is 0 Å². The SMILES string of the molecule is CN(Cc1ccccc1)CC1CCN(c2cc(=O)n(C)c(=O)[nH]2)CC1. The quantitative estimate of drug-likeness (QED) is 0.893. The van der Waals surface area contributed by atoms with E-state index in [0.717, 1.165) is 43.6 Å². The molecule has 1 saturated heterocycles. The van der Waals surface area contributed by atoms with Crippen molar-refractivity contribution in [3.63, 3.8) is 0 Å². The van der Waals surface area contributed by atoms with Crippen LogP contribution in [-0.2, 0) is 13.6 Å². The van der Waals surface area contributed by atoms with Gasteiger partial charge < -0.3 is 9.80 Å². The maximum absolute atomic E-state index is 11.8. The molecule has 0 atom stereocenters. The molecule has 1 aliphatic rings. The summed E-state index contributed by atoms with van der Waals surface area (Å²) in [5.74, 6) is 1.28. The van der Waals surface area contributed by atoms with Gasteiger partial charge in [-0.1, -0.05) is 30.3 Å². The molecule has 0 bridgehead atoms. The zero-order chi connectivity index (χ0) is 17.8. The molecule has 1 fully saturated rings. The number of anilines is 1. The molecular formula is C19H26N4O2. The summed E-state index contributed by atoms with van der Waals surface area (Å²) >= 11 is 0. The maximum Gasteiger partial charge on any atom is 0.329 e. The van der Waals surface area contributed by atoms with Gasteiger partial charge in [-0.05, 0) is 31.4 Å². The molecular weight excluding hydrogens is 316 g/mol. The Morgan fingerprint density at radius 3 is 2.48 bits per heavy atom. The minimum Gasteiger partial charge on any atom is -0.358 e. The van der Waals surface area contributed by atoms with E-state index in [1.165, 1.54) is 18.7 Å². The fourth-order valence-electron chi connectivity index (χ4n) is 3.47. The van der Waals surface area contributed by atoms with Gasteiger partial charge in [-0.2, -0.15) is 0 Å². The van der Waals surface area contributed by atoms with Gasteiger partial charge in [0.05, 0.1) is 0 Å². The van der Waals surface area contributed by atoms with E-state index in [1.54, 1.807) is 0 Å². The first-order valence-electron chi connectivity index (χ1n) is 8.80. The highest BCUT2D eigenvalue weighted by Gasteiger charge is 2.21. The van der Waals surface area contributed by atoms with Crippen LogP contribution in [0.4, 0.5) is 5.82 Å². The standard InChI is InChI=1S/C19H26N4O2/c1-21(13-15-6-4-3-5-7-15)14-16-8-10-23(11-9-16)17-12-18(24)22(2)19(25)20-17/h3-7,12,16H,8-11,13-14H2,1-2H3,(H,20,25). The zero-order valence-electron chi connectivity index (χ0n) is 14.9. The van der Waals surface area contributed by atoms with Crippen molar-refractivity contribution in [1.29, 1.82) is 0 Å². The number of rotatable bonds is 5. The third kappa shape index (κ3) is 4.39. The highest BCUT2D eigenvalue weighted by atomic mass is 16.2. The summed E-state index contributed by atoms with van der Waals surface area (Å²) in [6.07, 6.45) is 2.13. The van der Waals surface area contributed by atoms with Crippen LogP contribution in [0.25, 0.3) is 0 Å². The Morgan fingerprint density at radius 2 is 1.84 bits per heavy atom. The molecule has 2 aromatic rings. The summed E-state index contributed by atoms with van der Waals surface area (Å²) in [6, 6.07) is 12.0. The molecule has 1 aromatic heterocycles. The van der Waals surface area contributed by atoms with Crippen molar-refractivity contribution in [1.82, 2.24) is 14.5 Å². The Hall–Kier alpha value is -2.34. The predicted octanol–water partition coefficient (Wildman–Crippen LogP) is 1.42. The number of piperidine rings is 1. The summed E-state index contributed by atoms with van der Waals surface area (Å²) in [5, 5.41) is 0. The monoisotopic (exact) mass is 342 g/mol. The number of benzene rings is 1. The van der Waals surface area contributed by atoms with Gasteiger partial charge in [0.15, 0.2) is 0 Å². The minimum atomic E-state index is -0.354. The fraction of sp³-hybridized carbons (Fsp3) is 0.474. The number of nitrogens with one attached hydrogen (secondary N) is 1. The number of aromatic nitrogens is 2. The van der Waals surface area contributed by atoms with Crippen molar-refractivity contribution in [3.05, 3.63) is 62.8 Å². The van der Waals surface area contributed by atoms with E-state index in [9.17, 15) is 9.59 Å². The number of hydrogen-bond donors (Lipinski definition) is 1. The molecule has 0 spiro atoms. The highest BCUT2D eigenvalue weighted by Crippen LogP contribution is 2.21. The molecule has 0 aliphatic carbocycles. The Morgan fingerprint density at radius 1 is 1.16 bits per heavy atom. The van der Waals surface area contributed by atoms with Crippen LogP contribution in [0.5, 0.6) is 0 Å². The van der Waals surface area contributed by atoms with E-state index >= 15 is 0 Å². The van der Waals surface area contributed by atoms with E-state index in [2.05, 4.69) is 46.1 Å². The van der Waals surface area contributed by atoms with E-state index in [1.807, 2.05) is 6.07 Å². The van der Waals surface area contributed by atoms with Crippen LogP contribution in [0.15, 0.2) is 46.0 Å². The normalized spacial score (nSPS) is 15.7. The third-order valence-corrected chi connectivity index (χ3v) is 4.95. The molecule has 3 rings (SSSR count). The van der Waals surface area contributed by atoms with Gasteiger partial charge in [-0.3, -0.25) is 14.3 Å². The Labute approximate surface area is 147 Å². The minimum absolute atomic E-state index is 0.261. The lowest BCUT2D eigenvalue weighted by molar-refractivity contribution is 0.242. The number of H-pyrrole nitrogens is 1. The molecule has 2 heterocycles. The first-order chi connectivity index (χ1) is 12.0. The molecule has 6 nitrogen and oxygen atoms in total. The maximum atomic E-state index is 11.8. The molecule has 134 valence electrons. The van der Waals surface area contributed by atoms with E-state index in [4.69, 9.17) is 0 Å². The van der Waals surface area contributed by atoms with Crippen LogP contribution in [0.1, 0.15) is 18.4 Å². The average molecular weight is 342 g/mol. The van der Waals surface area contributed by atoms with Gasteiger partial charge in [0.2, 0.25) is 0 Å². The average Bonchev–Trinajstić information content (AvgIpc) is 2.60. The molecule has 1 aliphatic heterocycles. The molecule has 0 amide bonds. The largest absolute Gasteiger partial charge is 0.358 e. The first-order valence-corrected chi connectivity index (χ1v) is 8.80. The Bertz CT molecular complexity index is 773. The zero-order valence-corrected chi connectivity index (χ0v) is 14.9. The lowest BCUT2D eigenvalue weighted by Gasteiger charge is -2.34. The summed E-state index contributed by atoms with van der Waals surface area (Å²) < 4.78 is 1.09. The van der Waals surface area contributed by atoms with Crippen LogP contribution >= 0.6 is 0 Å². The lowest BCUT2D eigenvalue weighted by atomic mass is 9.96. The fourth-order valence-corrected chi connectivity index (χ4v) is 3.47. The van der Waals surface area contributed by atoms with Crippen molar-refractivity contribution in [3.8, 4) is 0 Å². The Kier molecular flexibility index (Phi) is 5.38. The molecule has 1 aromatic carbocycles. The lowest BCUT2D eigenvalue weighted by Crippen LogP contribution is -2.41. The molecule has 25 heavy (non-hydrogen) atoms. The summed E-state index contributed by atoms with van der Waals surface area (Å²) in [4.78, 5) is 30.8. The second kappa shape index (κ2) is 7.70. The van der Waals surface area contributed by atoms with Crippen molar-refractivity contribution in [2.45, 2.75) is 19.4 Å². The van der Waals surface area contributed by atoms with Gasteiger partial charge >= 0.3 is 5.69 Å². The summed E-state index contributed by atoms with van der Waals surface area (Å²) in [7, 11) is 3.65. The third-order valence-electron chi connectivity index (χ3n) is 4.95. The summed E-state index contributed by atoms with van der Waals surface area (Å²) in [5.41, 5.74) is 0.718. The van der Waals surface area contributed by atoms with Gasteiger partial charge in [0, 0.05) is 39.3 Å². The van der Waals surface area contributed by atoms with Crippen molar-refractivity contribution < 1.29 is 0 Å². The number of nitrogens with zero attached hydrogens (tertiary/aromatic N) is 3. The topological polar surface area (TPSA) is 61.3 Å². The van der Waals surface area contributed by atoms with Crippen LogP contribution in [-0.4, -0.2) is 41.1 Å². The van der Waals surface area contributed by atoms with Crippen LogP contribution in [0.2, 0.25) is 0 Å². The van der Waals surface area contributed by atoms with Gasteiger partial charge in [0.25, 0.3) is 5.56 Å². The van der Waals surface area contributed by atoms with Crippen LogP contribution in [0, 0.1) is 5.92 Å². The second-order valence-corrected chi connectivity index (χ2v) is 6.97. The van der Waals surface area contributed by atoms with Crippen molar-refractivity contribution >= 4 is 5.82 Å². The Balaban J connectivity index is 1.53. The van der Waals surface area contributed by atoms with Gasteiger partial charge in [-0.25, -0.2) is 4.79 Å². The highest BCUT2D eigenvalue weighted by molar-refractivity contribution is 5.37.